The lowest BCUT2D eigenvalue weighted by atomic mass is 10.0. The first-order chi connectivity index (χ1) is 12.4. The maximum atomic E-state index is 12.2. The highest BCUT2D eigenvalue weighted by atomic mass is 16.5. The lowest BCUT2D eigenvalue weighted by molar-refractivity contribution is -0.123. The highest BCUT2D eigenvalue weighted by Gasteiger charge is 2.19. The maximum absolute atomic E-state index is 12.2. The molecule has 0 spiro atoms. The van der Waals surface area contributed by atoms with Crippen molar-refractivity contribution in [3.05, 3.63) is 59.2 Å². The molecule has 0 radical (unpaired) electrons. The number of para-hydroxylation sites is 1. The second kappa shape index (κ2) is 9.25. The summed E-state index contributed by atoms with van der Waals surface area (Å²) >= 11 is 0. The third-order valence-corrected chi connectivity index (χ3v) is 4.18. The van der Waals surface area contributed by atoms with Gasteiger partial charge in [-0.05, 0) is 57.3 Å². The van der Waals surface area contributed by atoms with E-state index in [0.717, 1.165) is 22.4 Å². The second-order valence-corrected chi connectivity index (χ2v) is 6.64. The van der Waals surface area contributed by atoms with Gasteiger partial charge in [0, 0.05) is 12.1 Å². The topological polar surface area (TPSA) is 50.8 Å². The third kappa shape index (κ3) is 5.49. The van der Waals surface area contributed by atoms with Gasteiger partial charge in [-0.25, -0.2) is 0 Å². The van der Waals surface area contributed by atoms with Gasteiger partial charge in [0.2, 0.25) is 0 Å². The number of aryl methyl sites for hydroxylation is 2. The zero-order chi connectivity index (χ0) is 19.1. The van der Waals surface area contributed by atoms with Gasteiger partial charge in [0.05, 0.1) is 13.2 Å². The van der Waals surface area contributed by atoms with Crippen LogP contribution in [0, 0.1) is 13.8 Å². The number of carbonyl (C=O) groups excluding carboxylic acids is 1. The van der Waals surface area contributed by atoms with Crippen LogP contribution >= 0.6 is 0 Å². The molecule has 0 unspecified atom stereocenters. The van der Waals surface area contributed by atoms with Crippen LogP contribution in [-0.4, -0.2) is 45.2 Å². The minimum atomic E-state index is -0.147. The highest BCUT2D eigenvalue weighted by Crippen LogP contribution is 2.27. The summed E-state index contributed by atoms with van der Waals surface area (Å²) < 4.78 is 11.1. The van der Waals surface area contributed by atoms with E-state index >= 15 is 0 Å². The molecule has 140 valence electrons. The molecule has 0 aliphatic carbocycles. The summed E-state index contributed by atoms with van der Waals surface area (Å²) in [5.74, 6) is 1.38. The highest BCUT2D eigenvalue weighted by molar-refractivity contribution is 5.77. The Kier molecular flexibility index (Phi) is 7.04. The molecule has 1 amide bonds. The third-order valence-electron chi connectivity index (χ3n) is 4.18. The van der Waals surface area contributed by atoms with Crippen LogP contribution < -0.4 is 14.8 Å². The fourth-order valence-electron chi connectivity index (χ4n) is 2.94. The number of likely N-dealkylation sites (N-methyl/N-ethyl adjacent to an activating group) is 1. The Morgan fingerprint density at radius 3 is 2.38 bits per heavy atom. The fraction of sp³-hybridized carbons (Fsp3) is 0.381. The smallest absolute Gasteiger partial charge is 0.258 e. The molecule has 1 N–H and O–H groups in total. The van der Waals surface area contributed by atoms with Crippen LogP contribution in [0.1, 0.15) is 22.7 Å². The SMILES string of the molecule is COc1ccccc1[C@H](CNC(=O)COc1cc(C)cc(C)c1)N(C)C. The molecule has 0 bridgehead atoms. The van der Waals surface area contributed by atoms with Crippen molar-refractivity contribution in [2.24, 2.45) is 0 Å². The molecule has 0 aliphatic heterocycles. The molecular formula is C21H28N2O3. The Morgan fingerprint density at radius 2 is 1.77 bits per heavy atom. The van der Waals surface area contributed by atoms with E-state index in [4.69, 9.17) is 9.47 Å². The van der Waals surface area contributed by atoms with Crippen molar-refractivity contribution < 1.29 is 14.3 Å². The van der Waals surface area contributed by atoms with Crippen molar-refractivity contribution in [1.29, 1.82) is 0 Å². The molecule has 2 rings (SSSR count). The summed E-state index contributed by atoms with van der Waals surface area (Å²) in [5, 5.41) is 2.95. The number of methoxy groups -OCH3 is 1. The van der Waals surface area contributed by atoms with Crippen LogP contribution in [0.2, 0.25) is 0 Å². The van der Waals surface area contributed by atoms with Crippen molar-refractivity contribution in [3.63, 3.8) is 0 Å². The zero-order valence-electron chi connectivity index (χ0n) is 16.2. The number of ether oxygens (including phenoxy) is 2. The normalized spacial score (nSPS) is 11.9. The average Bonchev–Trinajstić information content (AvgIpc) is 2.59. The molecule has 1 atom stereocenters. The van der Waals surface area contributed by atoms with Gasteiger partial charge in [-0.1, -0.05) is 24.3 Å². The maximum Gasteiger partial charge on any atom is 0.258 e. The monoisotopic (exact) mass is 356 g/mol. The van der Waals surface area contributed by atoms with Gasteiger partial charge in [0.15, 0.2) is 6.61 Å². The summed E-state index contributed by atoms with van der Waals surface area (Å²) in [6.45, 7) is 4.49. The summed E-state index contributed by atoms with van der Waals surface area (Å²) in [7, 11) is 5.62. The minimum absolute atomic E-state index is 0.00499. The first kappa shape index (κ1) is 19.8. The number of benzene rings is 2. The number of rotatable bonds is 8. The van der Waals surface area contributed by atoms with E-state index in [2.05, 4.69) is 16.3 Å². The Bertz CT molecular complexity index is 724. The minimum Gasteiger partial charge on any atom is -0.496 e. The number of carbonyl (C=O) groups is 1. The van der Waals surface area contributed by atoms with Crippen molar-refractivity contribution in [1.82, 2.24) is 10.2 Å². The van der Waals surface area contributed by atoms with Crippen LogP contribution in [0.15, 0.2) is 42.5 Å². The number of hydrogen-bond donors (Lipinski definition) is 1. The van der Waals surface area contributed by atoms with Gasteiger partial charge in [0.25, 0.3) is 5.91 Å². The van der Waals surface area contributed by atoms with Gasteiger partial charge < -0.3 is 19.7 Å². The number of hydrogen-bond acceptors (Lipinski definition) is 4. The Labute approximate surface area is 155 Å². The van der Waals surface area contributed by atoms with E-state index in [9.17, 15) is 4.79 Å². The van der Waals surface area contributed by atoms with Crippen LogP contribution in [-0.2, 0) is 4.79 Å². The molecule has 2 aromatic carbocycles. The molecular weight excluding hydrogens is 328 g/mol. The lowest BCUT2D eigenvalue weighted by Gasteiger charge is -2.26. The van der Waals surface area contributed by atoms with Crippen LogP contribution in [0.5, 0.6) is 11.5 Å². The van der Waals surface area contributed by atoms with Crippen molar-refractivity contribution in [2.75, 3.05) is 34.4 Å². The predicted molar refractivity (Wildman–Crippen MR) is 104 cm³/mol. The molecule has 0 saturated heterocycles. The molecule has 2 aromatic rings. The molecule has 5 heteroatoms. The van der Waals surface area contributed by atoms with Gasteiger partial charge >= 0.3 is 0 Å². The van der Waals surface area contributed by atoms with E-state index in [-0.39, 0.29) is 18.6 Å². The molecule has 26 heavy (non-hydrogen) atoms. The summed E-state index contributed by atoms with van der Waals surface area (Å²) in [5.41, 5.74) is 3.27. The second-order valence-electron chi connectivity index (χ2n) is 6.64. The first-order valence-electron chi connectivity index (χ1n) is 8.68. The summed E-state index contributed by atoms with van der Waals surface area (Å²) in [6, 6.07) is 13.8. The molecule has 0 heterocycles. The Morgan fingerprint density at radius 1 is 1.12 bits per heavy atom. The van der Waals surface area contributed by atoms with Gasteiger partial charge in [-0.15, -0.1) is 0 Å². The summed E-state index contributed by atoms with van der Waals surface area (Å²) in [6.07, 6.45) is 0. The van der Waals surface area contributed by atoms with Crippen LogP contribution in [0.3, 0.4) is 0 Å². The zero-order valence-corrected chi connectivity index (χ0v) is 16.2. The largest absolute Gasteiger partial charge is 0.496 e. The molecule has 0 aromatic heterocycles. The van der Waals surface area contributed by atoms with Crippen molar-refractivity contribution in [2.45, 2.75) is 19.9 Å². The van der Waals surface area contributed by atoms with E-state index in [1.165, 1.54) is 0 Å². The van der Waals surface area contributed by atoms with Gasteiger partial charge in [-0.2, -0.15) is 0 Å². The molecule has 0 fully saturated rings. The number of amides is 1. The van der Waals surface area contributed by atoms with Crippen LogP contribution in [0.4, 0.5) is 0 Å². The quantitative estimate of drug-likeness (QED) is 0.790. The molecule has 0 aliphatic rings. The fourth-order valence-corrected chi connectivity index (χ4v) is 2.94. The van der Waals surface area contributed by atoms with E-state index in [1.54, 1.807) is 7.11 Å². The van der Waals surface area contributed by atoms with E-state index in [1.807, 2.05) is 64.3 Å². The molecule has 0 saturated carbocycles. The Hall–Kier alpha value is -2.53. The first-order valence-corrected chi connectivity index (χ1v) is 8.68. The van der Waals surface area contributed by atoms with E-state index < -0.39 is 0 Å². The standard InChI is InChI=1S/C21H28N2O3/c1-15-10-16(2)12-17(11-15)26-14-21(24)22-13-19(23(3)4)18-8-6-7-9-20(18)25-5/h6-12,19H,13-14H2,1-5H3,(H,22,24)/t19-/m0/s1. The lowest BCUT2D eigenvalue weighted by Crippen LogP contribution is -2.37. The Balaban J connectivity index is 1.95. The van der Waals surface area contributed by atoms with Crippen molar-refractivity contribution >= 4 is 5.91 Å². The van der Waals surface area contributed by atoms with Crippen LogP contribution in [0.25, 0.3) is 0 Å². The van der Waals surface area contributed by atoms with Crippen molar-refractivity contribution in [3.8, 4) is 11.5 Å². The van der Waals surface area contributed by atoms with Gasteiger partial charge in [0.1, 0.15) is 11.5 Å². The molecule has 5 nitrogen and oxygen atoms in total. The predicted octanol–water partition coefficient (Wildman–Crippen LogP) is 3.11. The van der Waals surface area contributed by atoms with E-state index in [0.29, 0.717) is 12.3 Å². The summed E-state index contributed by atoms with van der Waals surface area (Å²) in [4.78, 5) is 14.3. The average molecular weight is 356 g/mol. The van der Waals surface area contributed by atoms with Gasteiger partial charge in [-0.3, -0.25) is 4.79 Å². The number of nitrogens with one attached hydrogen (secondary N) is 1. The number of nitrogens with zero attached hydrogens (tertiary/aromatic N) is 1.